The Morgan fingerprint density at radius 3 is 2.35 bits per heavy atom. The molecule has 0 aromatic heterocycles. The molecule has 2 heteroatoms. The molecule has 2 aromatic carbocycles. The quantitative estimate of drug-likeness (QED) is 0.790. The third-order valence-corrected chi connectivity index (χ3v) is 2.58. The Balaban J connectivity index is 2.35. The molecule has 0 bridgehead atoms. The van der Waals surface area contributed by atoms with Crippen molar-refractivity contribution in [2.75, 3.05) is 0 Å². The van der Waals surface area contributed by atoms with Gasteiger partial charge < -0.3 is 4.74 Å². The van der Waals surface area contributed by atoms with E-state index in [-0.39, 0.29) is 0 Å². The SMILES string of the molecule is CCc1ccccc1Oc1ccccc1C#N. The van der Waals surface area contributed by atoms with E-state index in [9.17, 15) is 0 Å². The molecule has 84 valence electrons. The molecule has 0 radical (unpaired) electrons. The van der Waals surface area contributed by atoms with Crippen LogP contribution in [-0.2, 0) is 6.42 Å². The third kappa shape index (κ3) is 2.46. The maximum atomic E-state index is 8.99. The van der Waals surface area contributed by atoms with Crippen molar-refractivity contribution in [3.05, 3.63) is 59.7 Å². The molecular formula is C15H13NO. The molecule has 0 N–H and O–H groups in total. The van der Waals surface area contributed by atoms with Gasteiger partial charge in [0.15, 0.2) is 0 Å². The number of aryl methyl sites for hydroxylation is 1. The Kier molecular flexibility index (Phi) is 3.42. The lowest BCUT2D eigenvalue weighted by Gasteiger charge is -2.10. The minimum Gasteiger partial charge on any atom is -0.456 e. The van der Waals surface area contributed by atoms with Crippen LogP contribution in [0.5, 0.6) is 11.5 Å². The van der Waals surface area contributed by atoms with E-state index in [1.54, 1.807) is 6.07 Å². The van der Waals surface area contributed by atoms with Crippen LogP contribution in [0.4, 0.5) is 0 Å². The van der Waals surface area contributed by atoms with E-state index >= 15 is 0 Å². The molecule has 0 amide bonds. The number of rotatable bonds is 3. The summed E-state index contributed by atoms with van der Waals surface area (Å²) in [5.41, 5.74) is 1.69. The number of ether oxygens (including phenoxy) is 1. The summed E-state index contributed by atoms with van der Waals surface area (Å²) in [6.45, 7) is 2.08. The maximum absolute atomic E-state index is 8.99. The first kappa shape index (κ1) is 11.2. The summed E-state index contributed by atoms with van der Waals surface area (Å²) in [5, 5.41) is 8.99. The van der Waals surface area contributed by atoms with Gasteiger partial charge in [-0.05, 0) is 30.2 Å². The second-order valence-electron chi connectivity index (χ2n) is 3.67. The van der Waals surface area contributed by atoms with Gasteiger partial charge in [0.25, 0.3) is 0 Å². The van der Waals surface area contributed by atoms with Gasteiger partial charge in [0, 0.05) is 0 Å². The summed E-state index contributed by atoms with van der Waals surface area (Å²) < 4.78 is 5.80. The summed E-state index contributed by atoms with van der Waals surface area (Å²) >= 11 is 0. The van der Waals surface area contributed by atoms with Crippen LogP contribution in [0, 0.1) is 11.3 Å². The second-order valence-corrected chi connectivity index (χ2v) is 3.67. The van der Waals surface area contributed by atoms with Crippen LogP contribution < -0.4 is 4.74 Å². The van der Waals surface area contributed by atoms with Crippen molar-refractivity contribution < 1.29 is 4.74 Å². The van der Waals surface area contributed by atoms with Crippen molar-refractivity contribution in [2.24, 2.45) is 0 Å². The zero-order valence-corrected chi connectivity index (χ0v) is 9.68. The molecule has 2 aromatic rings. The average molecular weight is 223 g/mol. The summed E-state index contributed by atoms with van der Waals surface area (Å²) in [7, 11) is 0. The fraction of sp³-hybridized carbons (Fsp3) is 0.133. The minimum atomic E-state index is 0.554. The van der Waals surface area contributed by atoms with Gasteiger partial charge in [-0.25, -0.2) is 0 Å². The molecule has 17 heavy (non-hydrogen) atoms. The summed E-state index contributed by atoms with van der Waals surface area (Å²) in [5.74, 6) is 1.42. The molecule has 0 heterocycles. The fourth-order valence-corrected chi connectivity index (χ4v) is 1.66. The third-order valence-electron chi connectivity index (χ3n) is 2.58. The fourth-order valence-electron chi connectivity index (χ4n) is 1.66. The number of hydrogen-bond acceptors (Lipinski definition) is 2. The van der Waals surface area contributed by atoms with E-state index in [2.05, 4.69) is 13.0 Å². The Hall–Kier alpha value is -2.27. The molecule has 2 nitrogen and oxygen atoms in total. The standard InChI is InChI=1S/C15H13NO/c1-2-12-7-3-5-9-14(12)17-15-10-6-4-8-13(15)11-16/h3-10H,2H2,1H3. The molecule has 0 fully saturated rings. The molecule has 2 rings (SSSR count). The monoisotopic (exact) mass is 223 g/mol. The molecule has 0 aliphatic rings. The van der Waals surface area contributed by atoms with E-state index in [1.165, 1.54) is 0 Å². The van der Waals surface area contributed by atoms with E-state index in [0.29, 0.717) is 11.3 Å². The predicted octanol–water partition coefficient (Wildman–Crippen LogP) is 3.91. The molecule has 0 unspecified atom stereocenters. The van der Waals surface area contributed by atoms with Crippen LogP contribution in [0.2, 0.25) is 0 Å². The van der Waals surface area contributed by atoms with Crippen molar-refractivity contribution in [1.82, 2.24) is 0 Å². The van der Waals surface area contributed by atoms with E-state index < -0.39 is 0 Å². The minimum absolute atomic E-state index is 0.554. The molecule has 0 aliphatic heterocycles. The van der Waals surface area contributed by atoms with Crippen LogP contribution in [0.15, 0.2) is 48.5 Å². The smallest absolute Gasteiger partial charge is 0.145 e. The summed E-state index contributed by atoms with van der Waals surface area (Å²) in [6, 6.07) is 17.3. The number of hydrogen-bond donors (Lipinski definition) is 0. The number of benzene rings is 2. The zero-order valence-electron chi connectivity index (χ0n) is 9.68. The van der Waals surface area contributed by atoms with Gasteiger partial charge in [0.2, 0.25) is 0 Å². The molecular weight excluding hydrogens is 210 g/mol. The summed E-state index contributed by atoms with van der Waals surface area (Å²) in [4.78, 5) is 0. The number of nitrogens with zero attached hydrogens (tertiary/aromatic N) is 1. The van der Waals surface area contributed by atoms with Gasteiger partial charge in [0.1, 0.15) is 17.6 Å². The Morgan fingerprint density at radius 1 is 1.00 bits per heavy atom. The van der Waals surface area contributed by atoms with Crippen molar-refractivity contribution in [2.45, 2.75) is 13.3 Å². The first-order valence-electron chi connectivity index (χ1n) is 5.60. The Bertz CT molecular complexity index is 555. The molecule has 0 atom stereocenters. The van der Waals surface area contributed by atoms with Gasteiger partial charge in [-0.2, -0.15) is 5.26 Å². The summed E-state index contributed by atoms with van der Waals surface area (Å²) in [6.07, 6.45) is 0.908. The first-order chi connectivity index (χ1) is 8.35. The van der Waals surface area contributed by atoms with Gasteiger partial charge in [0.05, 0.1) is 5.56 Å². The van der Waals surface area contributed by atoms with E-state index in [0.717, 1.165) is 17.7 Å². The molecule has 0 spiro atoms. The zero-order chi connectivity index (χ0) is 12.1. The van der Waals surface area contributed by atoms with Crippen molar-refractivity contribution in [3.8, 4) is 17.6 Å². The second kappa shape index (κ2) is 5.18. The van der Waals surface area contributed by atoms with E-state index in [4.69, 9.17) is 10.00 Å². The largest absolute Gasteiger partial charge is 0.456 e. The lowest BCUT2D eigenvalue weighted by atomic mass is 10.1. The Labute approximate surface area is 101 Å². The van der Waals surface area contributed by atoms with Crippen LogP contribution >= 0.6 is 0 Å². The van der Waals surface area contributed by atoms with Gasteiger partial charge >= 0.3 is 0 Å². The highest BCUT2D eigenvalue weighted by atomic mass is 16.5. The number of nitriles is 1. The number of para-hydroxylation sites is 2. The average Bonchev–Trinajstić information content (AvgIpc) is 2.40. The first-order valence-corrected chi connectivity index (χ1v) is 5.60. The van der Waals surface area contributed by atoms with Crippen LogP contribution in [0.25, 0.3) is 0 Å². The lowest BCUT2D eigenvalue weighted by Crippen LogP contribution is -1.91. The van der Waals surface area contributed by atoms with Crippen molar-refractivity contribution >= 4 is 0 Å². The van der Waals surface area contributed by atoms with Crippen molar-refractivity contribution in [3.63, 3.8) is 0 Å². The van der Waals surface area contributed by atoms with Gasteiger partial charge in [-0.15, -0.1) is 0 Å². The normalized spacial score (nSPS) is 9.65. The maximum Gasteiger partial charge on any atom is 0.145 e. The Morgan fingerprint density at radius 2 is 1.65 bits per heavy atom. The van der Waals surface area contributed by atoms with Crippen LogP contribution in [0.3, 0.4) is 0 Å². The highest BCUT2D eigenvalue weighted by Gasteiger charge is 2.06. The topological polar surface area (TPSA) is 33.0 Å². The van der Waals surface area contributed by atoms with Gasteiger partial charge in [-0.1, -0.05) is 37.3 Å². The molecule has 0 aliphatic carbocycles. The molecule has 0 saturated carbocycles. The highest BCUT2D eigenvalue weighted by molar-refractivity contribution is 5.46. The van der Waals surface area contributed by atoms with Crippen LogP contribution in [-0.4, -0.2) is 0 Å². The molecule has 0 saturated heterocycles. The lowest BCUT2D eigenvalue weighted by molar-refractivity contribution is 0.475. The van der Waals surface area contributed by atoms with Crippen molar-refractivity contribution in [1.29, 1.82) is 5.26 Å². The predicted molar refractivity (Wildman–Crippen MR) is 67.1 cm³/mol. The van der Waals surface area contributed by atoms with Gasteiger partial charge in [-0.3, -0.25) is 0 Å². The van der Waals surface area contributed by atoms with E-state index in [1.807, 2.05) is 42.5 Å². The van der Waals surface area contributed by atoms with Crippen LogP contribution in [0.1, 0.15) is 18.1 Å². The highest BCUT2D eigenvalue weighted by Crippen LogP contribution is 2.27.